The lowest BCUT2D eigenvalue weighted by molar-refractivity contribution is 0.111. The fourth-order valence-corrected chi connectivity index (χ4v) is 5.73. The van der Waals surface area contributed by atoms with Gasteiger partial charge in [0.05, 0.1) is 19.1 Å². The molecule has 0 bridgehead atoms. The summed E-state index contributed by atoms with van der Waals surface area (Å²) >= 11 is 7.50. The molecule has 1 aromatic carbocycles. The number of halogens is 1. The Morgan fingerprint density at radius 2 is 1.73 bits per heavy atom. The van der Waals surface area contributed by atoms with E-state index in [1.54, 1.807) is 0 Å². The SMILES string of the molecule is COc1nc(OCC2(CCCN3CCCCC3)C=CC=C(c3ccccc3)C2(C)Cl)nc(OC)c1C=O. The first-order valence-electron chi connectivity index (χ1n) is 12.9. The second kappa shape index (κ2) is 12.1. The van der Waals surface area contributed by atoms with Crippen molar-refractivity contribution in [3.63, 3.8) is 0 Å². The third kappa shape index (κ3) is 5.83. The number of ether oxygens (including phenoxy) is 3. The van der Waals surface area contributed by atoms with Gasteiger partial charge in [0.15, 0.2) is 6.29 Å². The number of nitrogens with zero attached hydrogens (tertiary/aromatic N) is 3. The van der Waals surface area contributed by atoms with Gasteiger partial charge in [-0.15, -0.1) is 11.6 Å². The number of methoxy groups -OCH3 is 2. The summed E-state index contributed by atoms with van der Waals surface area (Å²) in [6.07, 6.45) is 12.6. The maximum absolute atomic E-state index is 11.5. The number of hydrogen-bond acceptors (Lipinski definition) is 7. The van der Waals surface area contributed by atoms with Crippen molar-refractivity contribution in [3.8, 4) is 17.8 Å². The van der Waals surface area contributed by atoms with Crippen LogP contribution in [0.2, 0.25) is 0 Å². The molecule has 2 aromatic rings. The largest absolute Gasteiger partial charge is 0.480 e. The van der Waals surface area contributed by atoms with Gasteiger partial charge in [-0.25, -0.2) is 0 Å². The summed E-state index contributed by atoms with van der Waals surface area (Å²) < 4.78 is 16.8. The second-order valence-corrected chi connectivity index (χ2v) is 10.6. The van der Waals surface area contributed by atoms with Crippen LogP contribution in [0.15, 0.2) is 48.6 Å². The zero-order chi connectivity index (χ0) is 26.3. The summed E-state index contributed by atoms with van der Waals surface area (Å²) in [5.41, 5.74) is 1.74. The van der Waals surface area contributed by atoms with Gasteiger partial charge in [-0.3, -0.25) is 4.79 Å². The van der Waals surface area contributed by atoms with Crippen LogP contribution in [0.3, 0.4) is 0 Å². The Labute approximate surface area is 224 Å². The first-order valence-corrected chi connectivity index (χ1v) is 13.3. The van der Waals surface area contributed by atoms with E-state index in [-0.39, 0.29) is 29.9 Å². The predicted octanol–water partition coefficient (Wildman–Crippen LogP) is 5.59. The number of carbonyl (C=O) groups is 1. The Hall–Kier alpha value is -2.90. The van der Waals surface area contributed by atoms with Gasteiger partial charge >= 0.3 is 6.01 Å². The molecule has 0 saturated carbocycles. The number of carbonyl (C=O) groups excluding carboxylic acids is 1. The van der Waals surface area contributed by atoms with Crippen LogP contribution < -0.4 is 14.2 Å². The zero-order valence-electron chi connectivity index (χ0n) is 21.9. The van der Waals surface area contributed by atoms with Crippen LogP contribution in [0.1, 0.15) is 54.9 Å². The quantitative estimate of drug-likeness (QED) is 0.280. The molecule has 8 heteroatoms. The minimum Gasteiger partial charge on any atom is -0.480 e. The fraction of sp³-hybridized carbons (Fsp3) is 0.483. The van der Waals surface area contributed by atoms with E-state index >= 15 is 0 Å². The molecule has 0 amide bonds. The van der Waals surface area contributed by atoms with Crippen molar-refractivity contribution < 1.29 is 19.0 Å². The average Bonchev–Trinajstić information content (AvgIpc) is 2.93. The molecule has 2 unspecified atom stereocenters. The molecule has 1 fully saturated rings. The third-order valence-electron chi connectivity index (χ3n) is 7.57. The number of rotatable bonds is 11. The summed E-state index contributed by atoms with van der Waals surface area (Å²) in [6, 6.07) is 10.3. The Kier molecular flexibility index (Phi) is 8.87. The molecule has 2 heterocycles. The third-order valence-corrected chi connectivity index (χ3v) is 8.15. The smallest absolute Gasteiger partial charge is 0.323 e. The van der Waals surface area contributed by atoms with Crippen LogP contribution in [-0.2, 0) is 0 Å². The van der Waals surface area contributed by atoms with Crippen molar-refractivity contribution in [1.29, 1.82) is 0 Å². The maximum Gasteiger partial charge on any atom is 0.323 e. The van der Waals surface area contributed by atoms with Crippen LogP contribution in [0.4, 0.5) is 0 Å². The number of piperidine rings is 1. The highest BCUT2D eigenvalue weighted by molar-refractivity contribution is 6.31. The van der Waals surface area contributed by atoms with E-state index in [0.29, 0.717) is 6.29 Å². The van der Waals surface area contributed by atoms with E-state index in [1.807, 2.05) is 18.2 Å². The standard InChI is InChI=1S/C29H36ClN3O4/c1-28(30)24(22-12-6-4-7-13-22)14-10-15-29(28,16-11-19-33-17-8-5-9-18-33)21-37-27-31-25(35-2)23(20-34)26(32-27)36-3/h4,6-7,10,12-15,20H,5,8-9,11,16-19,21H2,1-3H3. The van der Waals surface area contributed by atoms with Gasteiger partial charge in [0.2, 0.25) is 11.8 Å². The number of hydrogen-bond donors (Lipinski definition) is 0. The number of allylic oxidation sites excluding steroid dienone is 3. The molecular formula is C29H36ClN3O4. The van der Waals surface area contributed by atoms with Gasteiger partial charge in [0.25, 0.3) is 0 Å². The molecule has 0 radical (unpaired) electrons. The lowest BCUT2D eigenvalue weighted by atomic mass is 9.66. The highest BCUT2D eigenvalue weighted by Crippen LogP contribution is 2.52. The number of aldehydes is 1. The van der Waals surface area contributed by atoms with Crippen LogP contribution in [0.25, 0.3) is 5.57 Å². The molecule has 4 rings (SSSR count). The number of likely N-dealkylation sites (tertiary alicyclic amines) is 1. The summed E-state index contributed by atoms with van der Waals surface area (Å²) in [4.78, 5) is 21.9. The Balaban J connectivity index is 1.62. The minimum atomic E-state index is -0.748. The van der Waals surface area contributed by atoms with Gasteiger partial charge in [0.1, 0.15) is 12.2 Å². The number of alkyl halides is 1. The molecule has 1 aromatic heterocycles. The summed E-state index contributed by atoms with van der Waals surface area (Å²) in [5, 5.41) is 0. The van der Waals surface area contributed by atoms with Gasteiger partial charge in [-0.2, -0.15) is 9.97 Å². The lowest BCUT2D eigenvalue weighted by Gasteiger charge is -2.46. The fourth-order valence-electron chi connectivity index (χ4n) is 5.35. The van der Waals surface area contributed by atoms with E-state index in [1.165, 1.54) is 33.5 Å². The van der Waals surface area contributed by atoms with Crippen molar-refractivity contribution in [1.82, 2.24) is 14.9 Å². The monoisotopic (exact) mass is 525 g/mol. The van der Waals surface area contributed by atoms with E-state index in [2.05, 4.69) is 52.2 Å². The molecule has 7 nitrogen and oxygen atoms in total. The lowest BCUT2D eigenvalue weighted by Crippen LogP contribution is -2.47. The van der Waals surface area contributed by atoms with E-state index < -0.39 is 10.3 Å². The van der Waals surface area contributed by atoms with Crippen molar-refractivity contribution >= 4 is 23.5 Å². The van der Waals surface area contributed by atoms with Crippen LogP contribution in [0, 0.1) is 5.41 Å². The normalized spacial score (nSPS) is 23.8. The molecular weight excluding hydrogens is 490 g/mol. The second-order valence-electron chi connectivity index (χ2n) is 9.82. The van der Waals surface area contributed by atoms with Crippen LogP contribution in [0.5, 0.6) is 17.8 Å². The molecule has 0 spiro atoms. The van der Waals surface area contributed by atoms with E-state index in [0.717, 1.165) is 43.6 Å². The highest BCUT2D eigenvalue weighted by atomic mass is 35.5. The van der Waals surface area contributed by atoms with Gasteiger partial charge in [-0.05, 0) is 63.4 Å². The molecule has 1 aliphatic heterocycles. The Morgan fingerprint density at radius 1 is 1.05 bits per heavy atom. The maximum atomic E-state index is 11.5. The van der Waals surface area contributed by atoms with Crippen LogP contribution >= 0.6 is 11.6 Å². The number of aromatic nitrogens is 2. The molecule has 2 atom stereocenters. The predicted molar refractivity (Wildman–Crippen MR) is 146 cm³/mol. The summed E-state index contributed by atoms with van der Waals surface area (Å²) in [7, 11) is 2.88. The van der Waals surface area contributed by atoms with E-state index in [4.69, 9.17) is 25.8 Å². The van der Waals surface area contributed by atoms with Gasteiger partial charge in [0, 0.05) is 5.41 Å². The minimum absolute atomic E-state index is 0.0754. The molecule has 198 valence electrons. The first kappa shape index (κ1) is 27.1. The molecule has 1 saturated heterocycles. The Bertz CT molecular complexity index is 1100. The number of benzene rings is 1. The molecule has 2 aliphatic rings. The van der Waals surface area contributed by atoms with Crippen molar-refractivity contribution in [2.24, 2.45) is 5.41 Å². The van der Waals surface area contributed by atoms with E-state index in [9.17, 15) is 4.79 Å². The molecule has 37 heavy (non-hydrogen) atoms. The molecule has 1 aliphatic carbocycles. The topological polar surface area (TPSA) is 73.8 Å². The van der Waals surface area contributed by atoms with Crippen molar-refractivity contribution in [2.45, 2.75) is 43.9 Å². The summed E-state index contributed by atoms with van der Waals surface area (Å²) in [5.74, 6) is 0.211. The average molecular weight is 526 g/mol. The van der Waals surface area contributed by atoms with Gasteiger partial charge < -0.3 is 19.1 Å². The Morgan fingerprint density at radius 3 is 2.35 bits per heavy atom. The van der Waals surface area contributed by atoms with Crippen molar-refractivity contribution in [2.75, 3.05) is 40.5 Å². The molecule has 0 N–H and O–H groups in total. The van der Waals surface area contributed by atoms with Gasteiger partial charge in [-0.1, -0.05) is 55.0 Å². The van der Waals surface area contributed by atoms with Crippen LogP contribution in [-0.4, -0.2) is 66.5 Å². The highest BCUT2D eigenvalue weighted by Gasteiger charge is 2.49. The zero-order valence-corrected chi connectivity index (χ0v) is 22.7. The first-order chi connectivity index (χ1) is 17.9. The van der Waals surface area contributed by atoms with Crippen molar-refractivity contribution in [3.05, 3.63) is 59.7 Å². The summed E-state index contributed by atoms with van der Waals surface area (Å²) in [6.45, 7) is 5.66.